The molecule has 3 aliphatic rings. The van der Waals surface area contributed by atoms with Gasteiger partial charge in [0.05, 0.1) is 23.1 Å². The number of aliphatic hydroxyl groups excluding tert-OH is 1. The van der Waals surface area contributed by atoms with Crippen LogP contribution in [0.2, 0.25) is 5.02 Å². The Hall–Kier alpha value is -2.37. The molecule has 5 rings (SSSR count). The number of nitrogens with zero attached hydrogens (tertiary/aromatic N) is 1. The van der Waals surface area contributed by atoms with Crippen LogP contribution < -0.4 is 14.4 Å². The highest BCUT2D eigenvalue weighted by Gasteiger charge is 2.48. The number of aryl methyl sites for hydroxylation is 1. The molecule has 1 aliphatic carbocycles. The number of carbonyl (C=O) groups excluding carboxylic acids is 1. The first kappa shape index (κ1) is 35.9. The lowest BCUT2D eigenvalue weighted by atomic mass is 9.63. The Morgan fingerprint density at radius 1 is 1.11 bits per heavy atom. The topological polar surface area (TPSA) is 114 Å². The zero-order chi connectivity index (χ0) is 33.6. The molecule has 1 fully saturated rings. The van der Waals surface area contributed by atoms with Crippen molar-refractivity contribution in [1.29, 1.82) is 0 Å². The Balaban J connectivity index is 1.57. The van der Waals surface area contributed by atoms with Crippen LogP contribution in [0.1, 0.15) is 86.7 Å². The number of aliphatic hydroxyl groups is 1. The third-order valence-electron chi connectivity index (χ3n) is 10.6. The lowest BCUT2D eigenvalue weighted by molar-refractivity contribution is -0.156. The standard InChI is InChI=1S/C36H51ClN2O7S/c1-4-46-36(24-40)17-7-8-25(2)34(16-19-44-3)47(42,43)38-35(41)27-12-15-33-32(21-27)39(22-28-11-14-31(28)36)18-6-5-9-26-20-30(37)13-10-29(26)23-45-33/h10,12-13,15,20-21,25,28,31,34,40H,4-9,11,14,16-19,22-24H2,1-3H3,(H,38,41)/t25-,28-,31+,34+,36-/m0/s1. The summed E-state index contributed by atoms with van der Waals surface area (Å²) in [5.74, 6) is 0.173. The molecule has 2 heterocycles. The zero-order valence-electron chi connectivity index (χ0n) is 28.0. The summed E-state index contributed by atoms with van der Waals surface area (Å²) in [6.45, 7) is 6.35. The van der Waals surface area contributed by atoms with Crippen LogP contribution in [0.4, 0.5) is 5.69 Å². The predicted molar refractivity (Wildman–Crippen MR) is 185 cm³/mol. The summed E-state index contributed by atoms with van der Waals surface area (Å²) in [4.78, 5) is 15.9. The molecule has 0 unspecified atom stereocenters. The molecule has 2 N–H and O–H groups in total. The number of ether oxygens (including phenoxy) is 3. The second-order valence-electron chi connectivity index (χ2n) is 13.6. The second kappa shape index (κ2) is 15.9. The van der Waals surface area contributed by atoms with Gasteiger partial charge >= 0.3 is 0 Å². The highest BCUT2D eigenvalue weighted by Crippen LogP contribution is 2.47. The molecule has 2 bridgehead atoms. The van der Waals surface area contributed by atoms with E-state index in [1.165, 1.54) is 5.56 Å². The van der Waals surface area contributed by atoms with Crippen molar-refractivity contribution in [2.45, 2.75) is 89.1 Å². The minimum atomic E-state index is -4.04. The Kier molecular flexibility index (Phi) is 12.1. The van der Waals surface area contributed by atoms with E-state index in [9.17, 15) is 18.3 Å². The minimum Gasteiger partial charge on any atom is -0.487 e. The van der Waals surface area contributed by atoms with Gasteiger partial charge in [-0.05, 0) is 118 Å². The van der Waals surface area contributed by atoms with Crippen molar-refractivity contribution >= 4 is 33.2 Å². The van der Waals surface area contributed by atoms with Crippen LogP contribution in [0.3, 0.4) is 0 Å². The third-order valence-corrected chi connectivity index (χ3v) is 12.8. The number of fused-ring (bicyclic) bond motifs is 3. The van der Waals surface area contributed by atoms with Crippen molar-refractivity contribution in [2.75, 3.05) is 44.9 Å². The number of halogens is 1. The van der Waals surface area contributed by atoms with Gasteiger partial charge in [0.15, 0.2) is 0 Å². The van der Waals surface area contributed by atoms with E-state index in [1.54, 1.807) is 25.3 Å². The number of hydrogen-bond donors (Lipinski definition) is 2. The molecule has 0 radical (unpaired) electrons. The summed E-state index contributed by atoms with van der Waals surface area (Å²) in [5, 5.41) is 10.8. The number of carbonyl (C=O) groups is 1. The van der Waals surface area contributed by atoms with Crippen LogP contribution in [0, 0.1) is 17.8 Å². The summed E-state index contributed by atoms with van der Waals surface area (Å²) in [6, 6.07) is 11.1. The molecule has 2 aromatic rings. The normalized spacial score (nSPS) is 28.4. The van der Waals surface area contributed by atoms with Crippen LogP contribution >= 0.6 is 11.6 Å². The summed E-state index contributed by atoms with van der Waals surface area (Å²) >= 11 is 6.35. The second-order valence-corrected chi connectivity index (χ2v) is 15.9. The molecular formula is C36H51ClN2O7S. The number of benzene rings is 2. The van der Waals surface area contributed by atoms with E-state index in [0.717, 1.165) is 49.9 Å². The molecule has 0 aromatic heterocycles. The largest absolute Gasteiger partial charge is 0.487 e. The van der Waals surface area contributed by atoms with Crippen molar-refractivity contribution in [3.63, 3.8) is 0 Å². The first-order valence-corrected chi connectivity index (χ1v) is 19.1. The molecule has 2 aromatic carbocycles. The maximum absolute atomic E-state index is 13.8. The summed E-state index contributed by atoms with van der Waals surface area (Å²) in [6.07, 6.45) is 6.92. The van der Waals surface area contributed by atoms with Crippen LogP contribution in [0.25, 0.3) is 0 Å². The fourth-order valence-corrected chi connectivity index (χ4v) is 9.77. The molecule has 2 aliphatic heterocycles. The first-order valence-electron chi connectivity index (χ1n) is 17.2. The quantitative estimate of drug-likeness (QED) is 0.372. The monoisotopic (exact) mass is 690 g/mol. The number of hydrogen-bond acceptors (Lipinski definition) is 8. The maximum Gasteiger partial charge on any atom is 0.264 e. The predicted octanol–water partition coefficient (Wildman–Crippen LogP) is 6.14. The van der Waals surface area contributed by atoms with Gasteiger partial charge in [-0.2, -0.15) is 0 Å². The fourth-order valence-electron chi connectivity index (χ4n) is 7.89. The van der Waals surface area contributed by atoms with Gasteiger partial charge in [-0.3, -0.25) is 4.79 Å². The molecule has 47 heavy (non-hydrogen) atoms. The van der Waals surface area contributed by atoms with Crippen molar-refractivity contribution in [2.24, 2.45) is 17.8 Å². The molecule has 9 nitrogen and oxygen atoms in total. The molecule has 1 saturated carbocycles. The smallest absolute Gasteiger partial charge is 0.264 e. The number of methoxy groups -OCH3 is 1. The number of nitrogens with one attached hydrogen (secondary N) is 1. The maximum atomic E-state index is 13.8. The van der Waals surface area contributed by atoms with Crippen molar-refractivity contribution in [3.05, 3.63) is 58.1 Å². The van der Waals surface area contributed by atoms with Gasteiger partial charge in [0.25, 0.3) is 5.91 Å². The number of rotatable bonds is 6. The van der Waals surface area contributed by atoms with E-state index in [0.29, 0.717) is 49.8 Å². The van der Waals surface area contributed by atoms with Gasteiger partial charge in [0, 0.05) is 44.0 Å². The summed E-state index contributed by atoms with van der Waals surface area (Å²) in [5.41, 5.74) is 2.56. The van der Waals surface area contributed by atoms with Gasteiger partial charge in [0.2, 0.25) is 10.0 Å². The number of sulfonamides is 1. The van der Waals surface area contributed by atoms with Gasteiger partial charge in [-0.1, -0.05) is 31.0 Å². The lowest BCUT2D eigenvalue weighted by Gasteiger charge is -2.51. The average molecular weight is 691 g/mol. The van der Waals surface area contributed by atoms with Gasteiger partial charge in [-0.15, -0.1) is 0 Å². The summed E-state index contributed by atoms with van der Waals surface area (Å²) in [7, 11) is -2.49. The molecule has 11 heteroatoms. The van der Waals surface area contributed by atoms with Crippen LogP contribution in [0.5, 0.6) is 5.75 Å². The SMILES string of the molecule is CCO[C@]1(CO)CCC[C@H](C)[C@@H](CCOC)S(=O)(=O)NC(=O)c2ccc3c(c2)N(CCCCc2cc(Cl)ccc2CO3)C[C@@H]2CC[C@H]21. The van der Waals surface area contributed by atoms with Gasteiger partial charge < -0.3 is 24.2 Å². The molecule has 0 spiro atoms. The highest BCUT2D eigenvalue weighted by atomic mass is 35.5. The lowest BCUT2D eigenvalue weighted by Crippen LogP contribution is -2.54. The Morgan fingerprint density at radius 3 is 2.66 bits per heavy atom. The average Bonchev–Trinajstić information content (AvgIpc) is 3.05. The van der Waals surface area contributed by atoms with Crippen molar-refractivity contribution < 1.29 is 32.5 Å². The molecule has 5 atom stereocenters. The van der Waals surface area contributed by atoms with E-state index in [2.05, 4.69) is 9.62 Å². The van der Waals surface area contributed by atoms with Crippen LogP contribution in [0.15, 0.2) is 36.4 Å². The molecule has 260 valence electrons. The Bertz CT molecular complexity index is 1490. The van der Waals surface area contributed by atoms with E-state index >= 15 is 0 Å². The van der Waals surface area contributed by atoms with Crippen molar-refractivity contribution in [1.82, 2.24) is 4.72 Å². The Morgan fingerprint density at radius 2 is 1.94 bits per heavy atom. The third kappa shape index (κ3) is 8.27. The van der Waals surface area contributed by atoms with E-state index in [4.69, 9.17) is 25.8 Å². The highest BCUT2D eigenvalue weighted by molar-refractivity contribution is 7.90. The van der Waals surface area contributed by atoms with Gasteiger partial charge in [0.1, 0.15) is 12.4 Å². The fraction of sp³-hybridized carbons (Fsp3) is 0.639. The van der Waals surface area contributed by atoms with E-state index < -0.39 is 26.8 Å². The number of amides is 1. The summed E-state index contributed by atoms with van der Waals surface area (Å²) < 4.78 is 48.1. The minimum absolute atomic E-state index is 0.0808. The van der Waals surface area contributed by atoms with E-state index in [1.807, 2.05) is 32.0 Å². The molecule has 1 amide bonds. The molecular weight excluding hydrogens is 640 g/mol. The first-order chi connectivity index (χ1) is 22.6. The zero-order valence-corrected chi connectivity index (χ0v) is 29.6. The molecule has 0 saturated heterocycles. The van der Waals surface area contributed by atoms with Crippen LogP contribution in [-0.4, -0.2) is 70.3 Å². The van der Waals surface area contributed by atoms with E-state index in [-0.39, 0.29) is 43.0 Å². The Labute approximate surface area is 285 Å². The number of anilines is 1. The van der Waals surface area contributed by atoms with Crippen molar-refractivity contribution in [3.8, 4) is 5.75 Å². The van der Waals surface area contributed by atoms with Crippen LogP contribution in [-0.2, 0) is 32.5 Å². The van der Waals surface area contributed by atoms with Gasteiger partial charge in [-0.25, -0.2) is 13.1 Å².